The average molecular weight is 2110 g/mol. The number of halogens is 5. The first-order chi connectivity index (χ1) is 59.8. The number of piperidine rings is 6. The molecule has 7 aliphatic heterocycles. The van der Waals surface area contributed by atoms with Crippen LogP contribution in [0.5, 0.6) is 0 Å². The predicted molar refractivity (Wildman–Crippen MR) is 550 cm³/mol. The van der Waals surface area contributed by atoms with Crippen LogP contribution in [0.3, 0.4) is 0 Å². The van der Waals surface area contributed by atoms with E-state index in [9.17, 15) is 38.4 Å². The van der Waals surface area contributed by atoms with E-state index in [2.05, 4.69) is 203 Å². The molecule has 5 aromatic rings. The van der Waals surface area contributed by atoms with Gasteiger partial charge in [0, 0.05) is 71.2 Å². The average Bonchev–Trinajstić information content (AvgIpc) is 0.976. The Labute approximate surface area is 840 Å². The monoisotopic (exact) mass is 2110 g/mol. The molecule has 12 rings (SSSR count). The van der Waals surface area contributed by atoms with Gasteiger partial charge in [0.25, 0.3) is 0 Å². The molecule has 24 heteroatoms. The molecule has 2 amide bonds. The molecule has 6 unspecified atom stereocenters. The highest BCUT2D eigenvalue weighted by molar-refractivity contribution is 14.1. The van der Waals surface area contributed by atoms with Crippen LogP contribution in [0.4, 0.5) is 9.59 Å². The van der Waals surface area contributed by atoms with E-state index in [0.29, 0.717) is 74.7 Å². The first-order valence-corrected chi connectivity index (χ1v) is 49.8. The molecule has 0 radical (unpaired) electrons. The molecule has 742 valence electrons. The van der Waals surface area contributed by atoms with Gasteiger partial charge in [-0.25, -0.2) is 14.4 Å². The van der Waals surface area contributed by atoms with Crippen molar-refractivity contribution in [3.05, 3.63) is 174 Å². The fraction of sp³-hybridized carbons (Fsp3) is 0.645. The van der Waals surface area contributed by atoms with Gasteiger partial charge in [-0.1, -0.05) is 140 Å². The number of ether oxygens (including phenoxy) is 3. The number of carbonyl (C=O) groups excluding carboxylic acids is 7. The van der Waals surface area contributed by atoms with Crippen LogP contribution < -0.4 is 29.3 Å². The van der Waals surface area contributed by atoms with Gasteiger partial charge >= 0.3 is 18.2 Å². The zero-order valence-electron chi connectivity index (χ0n) is 84.4. The Morgan fingerprint density at radius 3 is 0.969 bits per heavy atom. The maximum atomic E-state index is 13.0. The number of carboxylic acids is 1. The number of ketones is 5. The number of nitrogens with one attached hydrogen (secondary N) is 1. The fourth-order valence-corrected chi connectivity index (χ4v) is 19.3. The number of aryl methyl sites for hydroxylation is 10. The van der Waals surface area contributed by atoms with Crippen LogP contribution in [0.2, 0.25) is 0 Å². The lowest BCUT2D eigenvalue weighted by Crippen LogP contribution is -3.00. The molecule has 0 aliphatic carbocycles. The molecule has 0 aromatic heterocycles. The number of likely N-dealkylation sites (N-methyl/N-ethyl adjacent to an activating group) is 3. The molecule has 6 atom stereocenters. The molecule has 131 heavy (non-hydrogen) atoms. The Kier molecular flexibility index (Phi) is 61.2. The molecule has 7 fully saturated rings. The Morgan fingerprint density at radius 1 is 0.397 bits per heavy atom. The minimum atomic E-state index is -0.953. The normalized spacial score (nSPS) is 19.5. The molecule has 7 aliphatic rings. The zero-order chi connectivity index (χ0) is 93.5. The molecule has 7 saturated heterocycles. The van der Waals surface area contributed by atoms with Crippen LogP contribution in [0.15, 0.2) is 91.0 Å². The Balaban J connectivity index is 0.00000151. The van der Waals surface area contributed by atoms with Crippen LogP contribution >= 0.6 is 59.8 Å². The summed E-state index contributed by atoms with van der Waals surface area (Å²) >= 11 is 2.29. The number of rotatable bonds is 21. The first-order valence-electron chi connectivity index (χ1n) is 48.2. The van der Waals surface area contributed by atoms with Gasteiger partial charge in [-0.3, -0.25) is 38.7 Å². The van der Waals surface area contributed by atoms with Gasteiger partial charge in [0.05, 0.1) is 57.4 Å². The highest BCUT2D eigenvalue weighted by atomic mass is 127. The topological polar surface area (TPSA) is 238 Å². The predicted octanol–water partition coefficient (Wildman–Crippen LogP) is 19.2. The van der Waals surface area contributed by atoms with E-state index in [0.717, 1.165) is 142 Å². The van der Waals surface area contributed by atoms with Crippen molar-refractivity contribution in [2.75, 3.05) is 89.6 Å². The summed E-state index contributed by atoms with van der Waals surface area (Å²) in [5.41, 5.74) is 17.1. The Hall–Kier alpha value is -5.45. The summed E-state index contributed by atoms with van der Waals surface area (Å²) in [4.78, 5) is 104. The van der Waals surface area contributed by atoms with Crippen LogP contribution in [0.25, 0.3) is 0 Å². The lowest BCUT2D eigenvalue weighted by molar-refractivity contribution is -0.944. The molecule has 19 nitrogen and oxygen atoms in total. The lowest BCUT2D eigenvalue weighted by atomic mass is 9.89. The number of hydrogen-bond donors (Lipinski definition) is 2. The van der Waals surface area contributed by atoms with Crippen LogP contribution in [-0.2, 0) is 75.1 Å². The lowest BCUT2D eigenvalue weighted by Gasteiger charge is -2.46. The van der Waals surface area contributed by atoms with Crippen molar-refractivity contribution in [1.29, 1.82) is 0 Å². The maximum Gasteiger partial charge on any atom is 0.411 e. The van der Waals surface area contributed by atoms with Gasteiger partial charge in [-0.2, -0.15) is 0 Å². The Bertz CT molecular complexity index is 4050. The molecular formula is C107H172Cl3I2N6O13+. The van der Waals surface area contributed by atoms with Gasteiger partial charge < -0.3 is 63.1 Å². The smallest absolute Gasteiger partial charge is 0.411 e. The summed E-state index contributed by atoms with van der Waals surface area (Å²) in [5.74, 6) is 0.816. The summed E-state index contributed by atoms with van der Waals surface area (Å²) in [6.07, 6.45) is 23.2. The van der Waals surface area contributed by atoms with Gasteiger partial charge in [0.15, 0.2) is 28.9 Å². The first kappa shape index (κ1) is 126. The SMILES string of the molecule is C1CCOC1.CC(C)(C)OC(=O)N1CCCCC1C(=O)O.CCI.CCN1CCCCC1C(=O)Cc1c(C)cccc1C.CC[N+]1(CC)CCCCC1C(=O)Cc1c(C)cccc1C.CC[N+]1(CC)CCCCC1C(=O)Cc1c(C)cccc1C.Cc1cccc(C)c1CC(=O)C1CCCCN1.Cc1cccc(C)c1CC(=O)C1CCCCN1C(=O)OC(C)(C)C.Cl.Cl.Cl.O.[I-]. The molecule has 4 N–H and O–H groups in total. The number of likely N-dealkylation sites (tertiary alicyclic amines) is 5. The van der Waals surface area contributed by atoms with Crippen LogP contribution in [0.1, 0.15) is 295 Å². The van der Waals surface area contributed by atoms with E-state index in [1.807, 2.05) is 52.8 Å². The highest BCUT2D eigenvalue weighted by Crippen LogP contribution is 2.33. The van der Waals surface area contributed by atoms with Crippen molar-refractivity contribution in [1.82, 2.24) is 20.0 Å². The standard InChI is InChI=1S/C20H29NO3.2C19H30NO.C17H25NO.C15H21NO.C11H19NO4.C4H8O.C2H5I.3ClH.HI.H2O/c1-14-9-8-10-15(2)16(14)13-18(22)17-11-6-7-12-21(17)19(23)24-20(3,4)5;2*1-5-20(6-2)13-8-7-12-18(20)19(21)14-17-15(3)10-9-11-16(17)4;1-4-18-11-6-5-10-16(18)17(19)12-15-13(2)8-7-9-14(15)3;1-11-6-5-7-12(2)13(11)10-15(17)14-8-3-4-9-16-14;1-11(2,3)16-10(15)12-7-5-4-6-8(12)9(13)14;1-2-4-5-3-1;1-2-3;;;;;/h8-10,17H,6-7,11-13H2,1-5H3;2*9-11,18H,5-8,12-14H2,1-4H3;7-9,16H,4-6,10-12H2,1-3H3;5-7,14,16H,3-4,8-10H2,1-2H3;8H,4-7H2,1-3H3,(H,13,14);1-4H2;2H2,1H3;4*1H;1H2/q;2*+1;;;;;;;;;;/p-1. The minimum Gasteiger partial charge on any atom is -1.00 e. The largest absolute Gasteiger partial charge is 1.00 e. The number of benzene rings is 5. The summed E-state index contributed by atoms with van der Waals surface area (Å²) in [5, 5.41) is 12.3. The minimum absolute atomic E-state index is 0. The van der Waals surface area contributed by atoms with Crippen molar-refractivity contribution < 1.29 is 96.1 Å². The molecular weight excluding hydrogens is 1940 g/mol. The quantitative estimate of drug-likeness (QED) is 0.0395. The van der Waals surface area contributed by atoms with Gasteiger partial charge in [-0.05, 0) is 349 Å². The van der Waals surface area contributed by atoms with Gasteiger partial charge in [0.1, 0.15) is 29.3 Å². The van der Waals surface area contributed by atoms with Crippen molar-refractivity contribution in [3.63, 3.8) is 0 Å². The summed E-state index contributed by atoms with van der Waals surface area (Å²) in [7, 11) is 0. The third-order valence-corrected chi connectivity index (χ3v) is 27.1. The molecule has 7 heterocycles. The number of Topliss-reactive ketones (excluding diaryl/α,β-unsaturated/α-hetero) is 5. The van der Waals surface area contributed by atoms with E-state index in [1.165, 1.54) is 153 Å². The van der Waals surface area contributed by atoms with Gasteiger partial charge in [-0.15, -0.1) is 37.2 Å². The summed E-state index contributed by atoms with van der Waals surface area (Å²) < 4.78 is 18.8. The zero-order valence-corrected chi connectivity index (χ0v) is 91.1. The van der Waals surface area contributed by atoms with Crippen molar-refractivity contribution >= 4 is 107 Å². The van der Waals surface area contributed by atoms with Gasteiger partial charge in [0.2, 0.25) is 0 Å². The van der Waals surface area contributed by atoms with E-state index < -0.39 is 29.3 Å². The second-order valence-corrected chi connectivity index (χ2v) is 39.7. The van der Waals surface area contributed by atoms with E-state index in [-0.39, 0.29) is 109 Å². The fourth-order valence-electron chi connectivity index (χ4n) is 19.3. The van der Waals surface area contributed by atoms with E-state index in [1.54, 1.807) is 25.7 Å². The number of amides is 2. The third-order valence-electron chi connectivity index (χ3n) is 27.1. The van der Waals surface area contributed by atoms with E-state index >= 15 is 0 Å². The van der Waals surface area contributed by atoms with Crippen molar-refractivity contribution in [2.45, 2.75) is 360 Å². The third kappa shape index (κ3) is 40.6. The number of carboxylic acid groups (broad SMARTS) is 1. The van der Waals surface area contributed by atoms with Crippen molar-refractivity contribution in [2.24, 2.45) is 0 Å². The molecule has 0 spiro atoms. The van der Waals surface area contributed by atoms with E-state index in [4.69, 9.17) is 19.3 Å². The number of nitrogens with zero attached hydrogens (tertiary/aromatic N) is 5. The number of hydrogen-bond acceptors (Lipinski definition) is 13. The number of carbonyl (C=O) groups is 8. The Morgan fingerprint density at radius 2 is 0.679 bits per heavy atom. The number of alkyl halides is 1. The number of quaternary nitrogens is 2. The summed E-state index contributed by atoms with van der Waals surface area (Å²) in [6, 6.07) is 30.8. The van der Waals surface area contributed by atoms with Crippen molar-refractivity contribution in [3.8, 4) is 0 Å². The van der Waals surface area contributed by atoms with Crippen LogP contribution in [0, 0.1) is 69.2 Å². The molecule has 5 aromatic carbocycles. The second kappa shape index (κ2) is 63.9. The maximum absolute atomic E-state index is 13.0. The highest BCUT2D eigenvalue weighted by Gasteiger charge is 2.44. The summed E-state index contributed by atoms with van der Waals surface area (Å²) in [6.45, 7) is 57.8. The second-order valence-electron chi connectivity index (χ2n) is 38.2. The number of aliphatic carboxylic acids is 1. The van der Waals surface area contributed by atoms with Crippen LogP contribution in [-0.4, -0.2) is 218 Å². The molecule has 0 saturated carbocycles. The molecule has 0 bridgehead atoms.